The SMILES string of the molecule is Cc1ccccc1CN(C)C(=O)CN(C)CC(=O)N1CCNCC1. The molecule has 1 N–H and O–H groups in total. The number of hydrogen-bond donors (Lipinski definition) is 1. The van der Waals surface area contributed by atoms with Gasteiger partial charge < -0.3 is 15.1 Å². The Morgan fingerprint density at radius 2 is 1.79 bits per heavy atom. The third-order valence-corrected chi connectivity index (χ3v) is 4.37. The van der Waals surface area contributed by atoms with Crippen LogP contribution < -0.4 is 5.32 Å². The number of benzene rings is 1. The van der Waals surface area contributed by atoms with E-state index in [1.807, 2.05) is 43.1 Å². The Hall–Kier alpha value is -1.92. The van der Waals surface area contributed by atoms with E-state index in [1.54, 1.807) is 16.8 Å². The number of piperazine rings is 1. The number of amides is 2. The van der Waals surface area contributed by atoms with Gasteiger partial charge in [0.2, 0.25) is 11.8 Å². The molecule has 0 bridgehead atoms. The molecule has 6 heteroatoms. The number of likely N-dealkylation sites (N-methyl/N-ethyl adjacent to an activating group) is 2. The number of nitrogens with one attached hydrogen (secondary N) is 1. The van der Waals surface area contributed by atoms with Gasteiger partial charge in [-0.25, -0.2) is 0 Å². The van der Waals surface area contributed by atoms with E-state index in [0.717, 1.165) is 31.7 Å². The summed E-state index contributed by atoms with van der Waals surface area (Å²) in [5, 5.41) is 3.23. The maximum Gasteiger partial charge on any atom is 0.236 e. The molecule has 0 aliphatic carbocycles. The van der Waals surface area contributed by atoms with E-state index in [0.29, 0.717) is 6.54 Å². The summed E-state index contributed by atoms with van der Waals surface area (Å²) in [6.45, 7) is 6.34. The van der Waals surface area contributed by atoms with Crippen LogP contribution in [0.1, 0.15) is 11.1 Å². The average molecular weight is 332 g/mol. The molecule has 2 amide bonds. The Morgan fingerprint density at radius 1 is 1.12 bits per heavy atom. The zero-order valence-electron chi connectivity index (χ0n) is 14.9. The fraction of sp³-hybridized carbons (Fsp3) is 0.556. The first-order valence-electron chi connectivity index (χ1n) is 8.43. The summed E-state index contributed by atoms with van der Waals surface area (Å²) < 4.78 is 0. The van der Waals surface area contributed by atoms with Crippen molar-refractivity contribution in [2.45, 2.75) is 13.5 Å². The van der Waals surface area contributed by atoms with E-state index in [-0.39, 0.29) is 24.9 Å². The van der Waals surface area contributed by atoms with Crippen LogP contribution in [0.15, 0.2) is 24.3 Å². The first kappa shape index (κ1) is 18.4. The van der Waals surface area contributed by atoms with E-state index in [4.69, 9.17) is 0 Å². The summed E-state index contributed by atoms with van der Waals surface area (Å²) in [5.74, 6) is 0.113. The average Bonchev–Trinajstić information content (AvgIpc) is 2.57. The molecule has 1 aliphatic rings. The fourth-order valence-electron chi connectivity index (χ4n) is 2.78. The van der Waals surface area contributed by atoms with Gasteiger partial charge in [-0.1, -0.05) is 24.3 Å². The molecule has 0 saturated carbocycles. The first-order valence-corrected chi connectivity index (χ1v) is 8.43. The number of nitrogens with zero attached hydrogens (tertiary/aromatic N) is 3. The summed E-state index contributed by atoms with van der Waals surface area (Å²) in [4.78, 5) is 30.0. The largest absolute Gasteiger partial charge is 0.340 e. The van der Waals surface area contributed by atoms with Gasteiger partial charge in [-0.05, 0) is 25.1 Å². The third kappa shape index (κ3) is 5.32. The molecule has 6 nitrogen and oxygen atoms in total. The minimum atomic E-state index is 0.0221. The van der Waals surface area contributed by atoms with Crippen molar-refractivity contribution in [2.24, 2.45) is 0 Å². The number of hydrogen-bond acceptors (Lipinski definition) is 4. The Morgan fingerprint density at radius 3 is 2.46 bits per heavy atom. The lowest BCUT2D eigenvalue weighted by molar-refractivity contribution is -0.135. The molecule has 0 spiro atoms. The second-order valence-corrected chi connectivity index (χ2v) is 6.48. The van der Waals surface area contributed by atoms with Gasteiger partial charge in [0.05, 0.1) is 13.1 Å². The molecule has 1 aromatic carbocycles. The van der Waals surface area contributed by atoms with Crippen molar-refractivity contribution in [1.82, 2.24) is 20.0 Å². The molecule has 2 rings (SSSR count). The molecular formula is C18H28N4O2. The number of rotatable bonds is 6. The van der Waals surface area contributed by atoms with E-state index >= 15 is 0 Å². The Bertz CT molecular complexity index is 570. The molecule has 0 unspecified atom stereocenters. The molecule has 1 heterocycles. The number of carbonyl (C=O) groups excluding carboxylic acids is 2. The lowest BCUT2D eigenvalue weighted by atomic mass is 10.1. The van der Waals surface area contributed by atoms with Gasteiger partial charge in [0.1, 0.15) is 0 Å². The Labute approximate surface area is 144 Å². The van der Waals surface area contributed by atoms with Crippen molar-refractivity contribution in [3.8, 4) is 0 Å². The van der Waals surface area contributed by atoms with Crippen molar-refractivity contribution < 1.29 is 9.59 Å². The summed E-state index contributed by atoms with van der Waals surface area (Å²) in [6.07, 6.45) is 0. The van der Waals surface area contributed by atoms with Crippen LogP contribution in [0.2, 0.25) is 0 Å². The van der Waals surface area contributed by atoms with Crippen LogP contribution in [-0.4, -0.2) is 79.9 Å². The second kappa shape index (κ2) is 8.80. The van der Waals surface area contributed by atoms with Crippen LogP contribution in [0.4, 0.5) is 0 Å². The van der Waals surface area contributed by atoms with Crippen LogP contribution in [0.3, 0.4) is 0 Å². The van der Waals surface area contributed by atoms with Crippen molar-refractivity contribution in [2.75, 3.05) is 53.4 Å². The highest BCUT2D eigenvalue weighted by Gasteiger charge is 2.19. The molecular weight excluding hydrogens is 304 g/mol. The zero-order chi connectivity index (χ0) is 17.5. The minimum Gasteiger partial charge on any atom is -0.340 e. The molecule has 1 aromatic rings. The molecule has 0 atom stereocenters. The molecule has 0 aromatic heterocycles. The molecule has 0 radical (unpaired) electrons. The maximum absolute atomic E-state index is 12.4. The summed E-state index contributed by atoms with van der Waals surface area (Å²) >= 11 is 0. The highest BCUT2D eigenvalue weighted by Crippen LogP contribution is 2.09. The van der Waals surface area contributed by atoms with Crippen LogP contribution in [0.25, 0.3) is 0 Å². The normalized spacial score (nSPS) is 14.8. The summed E-state index contributed by atoms with van der Waals surface area (Å²) in [6, 6.07) is 8.07. The molecule has 1 aliphatic heterocycles. The number of carbonyl (C=O) groups is 2. The highest BCUT2D eigenvalue weighted by atomic mass is 16.2. The maximum atomic E-state index is 12.4. The van der Waals surface area contributed by atoms with Crippen molar-refractivity contribution in [1.29, 1.82) is 0 Å². The minimum absolute atomic E-state index is 0.0221. The predicted molar refractivity (Wildman–Crippen MR) is 94.6 cm³/mol. The molecule has 132 valence electrons. The van der Waals surface area contributed by atoms with Gasteiger partial charge in [0.25, 0.3) is 0 Å². The van der Waals surface area contributed by atoms with E-state index in [1.165, 1.54) is 5.56 Å². The van der Waals surface area contributed by atoms with Crippen LogP contribution >= 0.6 is 0 Å². The van der Waals surface area contributed by atoms with Crippen molar-refractivity contribution >= 4 is 11.8 Å². The third-order valence-electron chi connectivity index (χ3n) is 4.37. The van der Waals surface area contributed by atoms with Gasteiger partial charge in [-0.3, -0.25) is 14.5 Å². The Kier molecular flexibility index (Phi) is 6.75. The lowest BCUT2D eigenvalue weighted by Crippen LogP contribution is -2.50. The zero-order valence-corrected chi connectivity index (χ0v) is 14.9. The monoisotopic (exact) mass is 332 g/mol. The summed E-state index contributed by atoms with van der Waals surface area (Å²) in [7, 11) is 3.63. The van der Waals surface area contributed by atoms with E-state index in [9.17, 15) is 9.59 Å². The van der Waals surface area contributed by atoms with Crippen molar-refractivity contribution in [3.63, 3.8) is 0 Å². The second-order valence-electron chi connectivity index (χ2n) is 6.48. The standard InChI is InChI=1S/C18H28N4O2/c1-15-6-4-5-7-16(15)12-21(3)17(23)13-20(2)14-18(24)22-10-8-19-9-11-22/h4-7,19H,8-14H2,1-3H3. The fourth-order valence-corrected chi connectivity index (χ4v) is 2.78. The quantitative estimate of drug-likeness (QED) is 0.815. The topological polar surface area (TPSA) is 55.9 Å². The van der Waals surface area contributed by atoms with Crippen LogP contribution in [0.5, 0.6) is 0 Å². The predicted octanol–water partition coefficient (Wildman–Crippen LogP) is 0.317. The number of aryl methyl sites for hydroxylation is 1. The smallest absolute Gasteiger partial charge is 0.236 e. The van der Waals surface area contributed by atoms with Crippen molar-refractivity contribution in [3.05, 3.63) is 35.4 Å². The lowest BCUT2D eigenvalue weighted by Gasteiger charge is -2.29. The van der Waals surface area contributed by atoms with E-state index in [2.05, 4.69) is 5.32 Å². The van der Waals surface area contributed by atoms with Gasteiger partial charge >= 0.3 is 0 Å². The van der Waals surface area contributed by atoms with E-state index < -0.39 is 0 Å². The van der Waals surface area contributed by atoms with Gasteiger partial charge in [0.15, 0.2) is 0 Å². The van der Waals surface area contributed by atoms with Gasteiger partial charge in [0, 0.05) is 39.8 Å². The highest BCUT2D eigenvalue weighted by molar-refractivity contribution is 5.81. The summed E-state index contributed by atoms with van der Waals surface area (Å²) in [5.41, 5.74) is 2.33. The first-order chi connectivity index (χ1) is 11.5. The molecule has 1 fully saturated rings. The van der Waals surface area contributed by atoms with Crippen LogP contribution in [-0.2, 0) is 16.1 Å². The Balaban J connectivity index is 1.80. The van der Waals surface area contributed by atoms with Gasteiger partial charge in [-0.15, -0.1) is 0 Å². The molecule has 1 saturated heterocycles. The molecule has 24 heavy (non-hydrogen) atoms. The van der Waals surface area contributed by atoms with Gasteiger partial charge in [-0.2, -0.15) is 0 Å². The van der Waals surface area contributed by atoms with Crippen LogP contribution in [0, 0.1) is 6.92 Å².